The highest BCUT2D eigenvalue weighted by molar-refractivity contribution is 8.00. The van der Waals surface area contributed by atoms with Crippen molar-refractivity contribution >= 4 is 17.7 Å². The van der Waals surface area contributed by atoms with E-state index in [2.05, 4.69) is 33.9 Å². The number of rotatable bonds is 5. The van der Waals surface area contributed by atoms with E-state index in [1.807, 2.05) is 25.2 Å². The fraction of sp³-hybridized carbons (Fsp3) is 0.588. The quantitative estimate of drug-likeness (QED) is 0.661. The van der Waals surface area contributed by atoms with Gasteiger partial charge in [-0.3, -0.25) is 4.99 Å². The predicted octanol–water partition coefficient (Wildman–Crippen LogP) is 2.61. The molecular formula is C17H27N3O2S. The van der Waals surface area contributed by atoms with Crippen LogP contribution in [-0.4, -0.2) is 56.2 Å². The highest BCUT2D eigenvalue weighted by atomic mass is 32.2. The van der Waals surface area contributed by atoms with Gasteiger partial charge in [-0.1, -0.05) is 6.92 Å². The topological polar surface area (TPSA) is 46.1 Å². The molecule has 1 aliphatic rings. The summed E-state index contributed by atoms with van der Waals surface area (Å²) in [4.78, 5) is 6.79. The third-order valence-electron chi connectivity index (χ3n) is 4.04. The Morgan fingerprint density at radius 2 is 2.22 bits per heavy atom. The highest BCUT2D eigenvalue weighted by Gasteiger charge is 2.21. The van der Waals surface area contributed by atoms with Gasteiger partial charge in [0.05, 0.1) is 14.2 Å². The van der Waals surface area contributed by atoms with Crippen LogP contribution in [0.5, 0.6) is 11.5 Å². The normalized spacial score (nSPS) is 18.7. The number of methoxy groups -OCH3 is 2. The molecule has 0 amide bonds. The van der Waals surface area contributed by atoms with E-state index in [4.69, 9.17) is 9.47 Å². The van der Waals surface area contributed by atoms with Crippen LogP contribution in [-0.2, 0) is 6.54 Å². The Balaban J connectivity index is 2.00. The smallest absolute Gasteiger partial charge is 0.193 e. The van der Waals surface area contributed by atoms with Crippen LogP contribution in [0.3, 0.4) is 0 Å². The summed E-state index contributed by atoms with van der Waals surface area (Å²) in [6.45, 7) is 5.03. The molecule has 1 unspecified atom stereocenters. The molecule has 0 bridgehead atoms. The molecule has 1 saturated heterocycles. The van der Waals surface area contributed by atoms with Crippen LogP contribution in [0.25, 0.3) is 0 Å². The number of benzene rings is 1. The number of aliphatic imine (C=N–C) groups is 1. The van der Waals surface area contributed by atoms with E-state index in [0.717, 1.165) is 41.9 Å². The van der Waals surface area contributed by atoms with Gasteiger partial charge in [0.1, 0.15) is 11.5 Å². The first-order chi connectivity index (χ1) is 11.2. The molecule has 1 heterocycles. The summed E-state index contributed by atoms with van der Waals surface area (Å²) >= 11 is 2.06. The number of hydrogen-bond acceptors (Lipinski definition) is 4. The fourth-order valence-corrected chi connectivity index (χ4v) is 3.84. The van der Waals surface area contributed by atoms with Crippen molar-refractivity contribution in [3.63, 3.8) is 0 Å². The zero-order valence-electron chi connectivity index (χ0n) is 14.5. The van der Waals surface area contributed by atoms with Crippen molar-refractivity contribution < 1.29 is 9.47 Å². The Kier molecular flexibility index (Phi) is 6.89. The largest absolute Gasteiger partial charge is 0.497 e. The van der Waals surface area contributed by atoms with Gasteiger partial charge in [-0.05, 0) is 18.6 Å². The van der Waals surface area contributed by atoms with Gasteiger partial charge in [0.15, 0.2) is 5.96 Å². The van der Waals surface area contributed by atoms with Crippen LogP contribution in [0, 0.1) is 0 Å². The van der Waals surface area contributed by atoms with E-state index >= 15 is 0 Å². The molecule has 0 radical (unpaired) electrons. The summed E-state index contributed by atoms with van der Waals surface area (Å²) in [5, 5.41) is 4.15. The summed E-state index contributed by atoms with van der Waals surface area (Å²) in [5.41, 5.74) is 1.09. The Labute approximate surface area is 143 Å². The minimum atomic E-state index is 0.681. The Morgan fingerprint density at radius 3 is 2.87 bits per heavy atom. The highest BCUT2D eigenvalue weighted by Crippen LogP contribution is 2.25. The van der Waals surface area contributed by atoms with Crippen LogP contribution in [0.1, 0.15) is 18.9 Å². The average Bonchev–Trinajstić information content (AvgIpc) is 2.62. The molecule has 1 aromatic rings. The van der Waals surface area contributed by atoms with Crippen molar-refractivity contribution in [1.29, 1.82) is 0 Å². The number of hydrogen-bond donors (Lipinski definition) is 1. The maximum absolute atomic E-state index is 5.46. The summed E-state index contributed by atoms with van der Waals surface area (Å²) in [6.07, 6.45) is 1.20. The van der Waals surface area contributed by atoms with Crippen molar-refractivity contribution in [3.05, 3.63) is 23.8 Å². The lowest BCUT2D eigenvalue weighted by Crippen LogP contribution is -2.47. The minimum absolute atomic E-state index is 0.681. The second-order valence-electron chi connectivity index (χ2n) is 5.43. The van der Waals surface area contributed by atoms with Gasteiger partial charge in [0.2, 0.25) is 0 Å². The van der Waals surface area contributed by atoms with Crippen LogP contribution < -0.4 is 14.8 Å². The summed E-state index contributed by atoms with van der Waals surface area (Å²) in [7, 11) is 5.18. The lowest BCUT2D eigenvalue weighted by Gasteiger charge is -2.34. The fourth-order valence-electron chi connectivity index (χ4n) is 2.66. The van der Waals surface area contributed by atoms with Crippen molar-refractivity contribution in [3.8, 4) is 11.5 Å². The van der Waals surface area contributed by atoms with Crippen molar-refractivity contribution in [2.75, 3.05) is 40.1 Å². The number of ether oxygens (including phenoxy) is 2. The first kappa shape index (κ1) is 17.8. The van der Waals surface area contributed by atoms with Gasteiger partial charge >= 0.3 is 0 Å². The zero-order chi connectivity index (χ0) is 16.7. The predicted molar refractivity (Wildman–Crippen MR) is 97.9 cm³/mol. The molecule has 1 aliphatic heterocycles. The lowest BCUT2D eigenvalue weighted by atomic mass is 10.2. The van der Waals surface area contributed by atoms with Gasteiger partial charge in [0.25, 0.3) is 0 Å². The summed E-state index contributed by atoms with van der Waals surface area (Å²) in [6, 6.07) is 5.89. The molecule has 5 nitrogen and oxygen atoms in total. The SMILES string of the molecule is CCC1CN(C(=NC)NCc2ccc(OC)cc2OC)CCS1. The first-order valence-corrected chi connectivity index (χ1v) is 9.04. The van der Waals surface area contributed by atoms with Crippen LogP contribution in [0.2, 0.25) is 0 Å². The average molecular weight is 337 g/mol. The molecule has 0 aliphatic carbocycles. The molecule has 6 heteroatoms. The Hall–Kier alpha value is -1.56. The molecule has 23 heavy (non-hydrogen) atoms. The Morgan fingerprint density at radius 1 is 1.39 bits per heavy atom. The molecule has 1 aromatic carbocycles. The van der Waals surface area contributed by atoms with E-state index in [0.29, 0.717) is 11.8 Å². The van der Waals surface area contributed by atoms with Gasteiger partial charge in [-0.25, -0.2) is 0 Å². The van der Waals surface area contributed by atoms with Crippen molar-refractivity contribution in [1.82, 2.24) is 10.2 Å². The second kappa shape index (κ2) is 8.91. The summed E-state index contributed by atoms with van der Waals surface area (Å²) < 4.78 is 10.7. The molecule has 2 rings (SSSR count). The van der Waals surface area contributed by atoms with Gasteiger partial charge in [0, 0.05) is 49.3 Å². The monoisotopic (exact) mass is 337 g/mol. The van der Waals surface area contributed by atoms with Gasteiger partial charge in [-0.2, -0.15) is 11.8 Å². The number of nitrogens with zero attached hydrogens (tertiary/aromatic N) is 2. The molecule has 1 atom stereocenters. The summed E-state index contributed by atoms with van der Waals surface area (Å²) in [5.74, 6) is 3.74. The maximum atomic E-state index is 5.46. The lowest BCUT2D eigenvalue weighted by molar-refractivity contribution is 0.388. The van der Waals surface area contributed by atoms with E-state index in [9.17, 15) is 0 Å². The third kappa shape index (κ3) is 4.70. The minimum Gasteiger partial charge on any atom is -0.497 e. The van der Waals surface area contributed by atoms with E-state index < -0.39 is 0 Å². The molecule has 128 valence electrons. The Bertz CT molecular complexity index is 537. The maximum Gasteiger partial charge on any atom is 0.193 e. The number of thioether (sulfide) groups is 1. The van der Waals surface area contributed by atoms with Crippen molar-refractivity contribution in [2.45, 2.75) is 25.1 Å². The molecular weight excluding hydrogens is 310 g/mol. The van der Waals surface area contributed by atoms with Crippen LogP contribution in [0.4, 0.5) is 0 Å². The first-order valence-electron chi connectivity index (χ1n) is 7.99. The van der Waals surface area contributed by atoms with E-state index in [1.165, 1.54) is 6.42 Å². The standard InChI is InChI=1S/C17H27N3O2S/c1-5-15-12-20(8-9-23-15)17(18-2)19-11-13-6-7-14(21-3)10-16(13)22-4/h6-7,10,15H,5,8-9,11-12H2,1-4H3,(H,18,19). The van der Waals surface area contributed by atoms with Crippen molar-refractivity contribution in [2.24, 2.45) is 4.99 Å². The number of guanidine groups is 1. The zero-order valence-corrected chi connectivity index (χ0v) is 15.3. The van der Waals surface area contributed by atoms with Gasteiger partial charge < -0.3 is 19.7 Å². The van der Waals surface area contributed by atoms with E-state index in [1.54, 1.807) is 14.2 Å². The second-order valence-corrected chi connectivity index (χ2v) is 6.83. The third-order valence-corrected chi connectivity index (χ3v) is 5.41. The number of nitrogens with one attached hydrogen (secondary N) is 1. The van der Waals surface area contributed by atoms with Crippen LogP contribution >= 0.6 is 11.8 Å². The molecule has 0 saturated carbocycles. The van der Waals surface area contributed by atoms with Crippen LogP contribution in [0.15, 0.2) is 23.2 Å². The van der Waals surface area contributed by atoms with E-state index in [-0.39, 0.29) is 0 Å². The molecule has 0 spiro atoms. The molecule has 0 aromatic heterocycles. The molecule has 1 fully saturated rings. The van der Waals surface area contributed by atoms with Gasteiger partial charge in [-0.15, -0.1) is 0 Å². The molecule has 1 N–H and O–H groups in total.